The number of benzene rings is 1. The maximum Gasteiger partial charge on any atom is 0.137 e. The minimum Gasteiger partial charge on any atom is -0.392 e. The third-order valence-electron chi connectivity index (χ3n) is 3.64. The Morgan fingerprint density at radius 3 is 2.78 bits per heavy atom. The molecule has 1 saturated carbocycles. The molecular formula is C14H19BrFNO. The van der Waals surface area contributed by atoms with Gasteiger partial charge in [0.25, 0.3) is 0 Å². The summed E-state index contributed by atoms with van der Waals surface area (Å²) in [4.78, 5) is 0. The topological polar surface area (TPSA) is 32.3 Å². The minimum atomic E-state index is -0.259. The molecule has 0 saturated heterocycles. The van der Waals surface area contributed by atoms with Gasteiger partial charge in [0.05, 0.1) is 10.6 Å². The summed E-state index contributed by atoms with van der Waals surface area (Å²) in [5.41, 5.74) is 1.03. The third-order valence-corrected chi connectivity index (χ3v) is 4.24. The number of hydrogen-bond acceptors (Lipinski definition) is 2. The number of rotatable bonds is 3. The molecule has 1 aliphatic carbocycles. The molecule has 2 N–H and O–H groups in total. The summed E-state index contributed by atoms with van der Waals surface area (Å²) in [7, 11) is 0. The summed E-state index contributed by atoms with van der Waals surface area (Å²) in [6, 6.07) is 5.31. The van der Waals surface area contributed by atoms with Gasteiger partial charge in [-0.2, -0.15) is 0 Å². The van der Waals surface area contributed by atoms with E-state index in [0.29, 0.717) is 4.47 Å². The van der Waals surface area contributed by atoms with Crippen molar-refractivity contribution < 1.29 is 9.50 Å². The van der Waals surface area contributed by atoms with Crippen LogP contribution in [0.3, 0.4) is 0 Å². The molecule has 0 aliphatic heterocycles. The fourth-order valence-corrected chi connectivity index (χ4v) is 2.90. The van der Waals surface area contributed by atoms with Crippen molar-refractivity contribution in [2.45, 2.75) is 50.8 Å². The highest BCUT2D eigenvalue weighted by Gasteiger charge is 2.24. The van der Waals surface area contributed by atoms with Crippen LogP contribution < -0.4 is 5.32 Å². The van der Waals surface area contributed by atoms with Crippen LogP contribution in [0.2, 0.25) is 0 Å². The normalized spacial score (nSPS) is 26.0. The van der Waals surface area contributed by atoms with Crippen molar-refractivity contribution in [1.82, 2.24) is 5.32 Å². The first kappa shape index (κ1) is 14.0. The van der Waals surface area contributed by atoms with E-state index in [2.05, 4.69) is 21.2 Å². The molecular weight excluding hydrogens is 297 g/mol. The van der Waals surface area contributed by atoms with Crippen LogP contribution in [0.25, 0.3) is 0 Å². The zero-order valence-corrected chi connectivity index (χ0v) is 12.1. The molecule has 3 unspecified atom stereocenters. The van der Waals surface area contributed by atoms with E-state index in [-0.39, 0.29) is 24.0 Å². The van der Waals surface area contributed by atoms with E-state index in [1.807, 2.05) is 6.92 Å². The molecule has 4 heteroatoms. The summed E-state index contributed by atoms with van der Waals surface area (Å²) >= 11 is 3.20. The van der Waals surface area contributed by atoms with Crippen molar-refractivity contribution in [2.75, 3.05) is 0 Å². The predicted octanol–water partition coefficient (Wildman–Crippen LogP) is 3.54. The number of aliphatic hydroxyl groups is 1. The monoisotopic (exact) mass is 315 g/mol. The van der Waals surface area contributed by atoms with Gasteiger partial charge in [0.15, 0.2) is 0 Å². The first-order chi connectivity index (χ1) is 8.58. The summed E-state index contributed by atoms with van der Waals surface area (Å²) in [5.74, 6) is -0.247. The van der Waals surface area contributed by atoms with E-state index in [0.717, 1.165) is 31.2 Å². The van der Waals surface area contributed by atoms with Gasteiger partial charge < -0.3 is 10.4 Å². The molecule has 2 nitrogen and oxygen atoms in total. The molecule has 0 radical (unpaired) electrons. The van der Waals surface area contributed by atoms with E-state index in [1.54, 1.807) is 12.1 Å². The molecule has 2 rings (SSSR count). The summed E-state index contributed by atoms with van der Waals surface area (Å²) in [6.07, 6.45) is 3.89. The lowest BCUT2D eigenvalue weighted by Crippen LogP contribution is -2.43. The Labute approximate surface area is 116 Å². The number of halogens is 2. The van der Waals surface area contributed by atoms with Crippen molar-refractivity contribution in [3.63, 3.8) is 0 Å². The van der Waals surface area contributed by atoms with Gasteiger partial charge in [-0.15, -0.1) is 0 Å². The van der Waals surface area contributed by atoms with Gasteiger partial charge in [-0.25, -0.2) is 4.39 Å². The van der Waals surface area contributed by atoms with Gasteiger partial charge >= 0.3 is 0 Å². The van der Waals surface area contributed by atoms with Crippen LogP contribution in [0.5, 0.6) is 0 Å². The number of aliphatic hydroxyl groups excluding tert-OH is 1. The van der Waals surface area contributed by atoms with Gasteiger partial charge in [0.1, 0.15) is 5.82 Å². The molecule has 18 heavy (non-hydrogen) atoms. The molecule has 0 spiro atoms. The van der Waals surface area contributed by atoms with E-state index in [1.165, 1.54) is 6.07 Å². The highest BCUT2D eigenvalue weighted by atomic mass is 79.9. The Bertz CT molecular complexity index is 413. The van der Waals surface area contributed by atoms with Gasteiger partial charge in [0, 0.05) is 12.1 Å². The van der Waals surface area contributed by atoms with E-state index in [4.69, 9.17) is 0 Å². The summed E-state index contributed by atoms with van der Waals surface area (Å²) < 4.78 is 13.7. The van der Waals surface area contributed by atoms with Gasteiger partial charge in [-0.3, -0.25) is 0 Å². The highest BCUT2D eigenvalue weighted by Crippen LogP contribution is 2.24. The second-order valence-electron chi connectivity index (χ2n) is 5.02. The average Bonchev–Trinajstić information content (AvgIpc) is 2.35. The second-order valence-corrected chi connectivity index (χ2v) is 5.87. The smallest absolute Gasteiger partial charge is 0.137 e. The van der Waals surface area contributed by atoms with Crippen molar-refractivity contribution in [3.8, 4) is 0 Å². The molecule has 0 amide bonds. The minimum absolute atomic E-state index is 0.111. The van der Waals surface area contributed by atoms with Gasteiger partial charge in [-0.05, 0) is 53.4 Å². The largest absolute Gasteiger partial charge is 0.392 e. The zero-order valence-electron chi connectivity index (χ0n) is 10.5. The molecule has 1 aromatic carbocycles. The lowest BCUT2D eigenvalue weighted by molar-refractivity contribution is 0.0859. The van der Waals surface area contributed by atoms with Crippen molar-refractivity contribution in [2.24, 2.45) is 0 Å². The summed E-state index contributed by atoms with van der Waals surface area (Å²) in [6.45, 7) is 2.04. The molecule has 1 aliphatic rings. The quantitative estimate of drug-likeness (QED) is 0.894. The van der Waals surface area contributed by atoms with Crippen LogP contribution >= 0.6 is 15.9 Å². The third kappa shape index (κ3) is 3.31. The second kappa shape index (κ2) is 6.13. The Morgan fingerprint density at radius 1 is 1.39 bits per heavy atom. The molecule has 0 bridgehead atoms. The zero-order chi connectivity index (χ0) is 13.1. The van der Waals surface area contributed by atoms with E-state index < -0.39 is 0 Å². The van der Waals surface area contributed by atoms with Gasteiger partial charge in [-0.1, -0.05) is 18.9 Å². The fourth-order valence-electron chi connectivity index (χ4n) is 2.50. The summed E-state index contributed by atoms with van der Waals surface area (Å²) in [5, 5.41) is 13.4. The standard InChI is InChI=1S/C14H19BrFNO/c1-9(10-6-7-12(16)11(15)8-10)17-13-4-2-3-5-14(13)18/h6-9,13-14,17-18H,2-5H2,1H3. The van der Waals surface area contributed by atoms with E-state index in [9.17, 15) is 9.50 Å². The molecule has 0 heterocycles. The van der Waals surface area contributed by atoms with Crippen molar-refractivity contribution >= 4 is 15.9 Å². The lowest BCUT2D eigenvalue weighted by Gasteiger charge is -2.31. The molecule has 3 atom stereocenters. The molecule has 100 valence electrons. The Balaban J connectivity index is 2.02. The van der Waals surface area contributed by atoms with Gasteiger partial charge in [0.2, 0.25) is 0 Å². The Hall–Kier alpha value is -0.450. The van der Waals surface area contributed by atoms with Crippen LogP contribution in [0.1, 0.15) is 44.2 Å². The Kier molecular flexibility index (Phi) is 4.76. The van der Waals surface area contributed by atoms with Crippen LogP contribution in [0.4, 0.5) is 4.39 Å². The van der Waals surface area contributed by atoms with Crippen LogP contribution in [-0.2, 0) is 0 Å². The first-order valence-corrected chi connectivity index (χ1v) is 7.26. The number of nitrogens with one attached hydrogen (secondary N) is 1. The highest BCUT2D eigenvalue weighted by molar-refractivity contribution is 9.10. The van der Waals surface area contributed by atoms with Crippen LogP contribution in [-0.4, -0.2) is 17.3 Å². The van der Waals surface area contributed by atoms with Crippen LogP contribution in [0, 0.1) is 5.82 Å². The van der Waals surface area contributed by atoms with Crippen LogP contribution in [0.15, 0.2) is 22.7 Å². The SMILES string of the molecule is CC(NC1CCCCC1O)c1ccc(F)c(Br)c1. The maximum absolute atomic E-state index is 13.2. The van der Waals surface area contributed by atoms with E-state index >= 15 is 0 Å². The molecule has 0 aromatic heterocycles. The average molecular weight is 316 g/mol. The molecule has 1 fully saturated rings. The van der Waals surface area contributed by atoms with Crippen molar-refractivity contribution in [1.29, 1.82) is 0 Å². The number of hydrogen-bond donors (Lipinski definition) is 2. The Morgan fingerprint density at radius 2 is 2.11 bits per heavy atom. The molecule has 1 aromatic rings. The first-order valence-electron chi connectivity index (χ1n) is 6.47. The van der Waals surface area contributed by atoms with Crippen molar-refractivity contribution in [3.05, 3.63) is 34.1 Å². The lowest BCUT2D eigenvalue weighted by atomic mass is 9.91. The maximum atomic E-state index is 13.2. The predicted molar refractivity (Wildman–Crippen MR) is 73.9 cm³/mol. The fraction of sp³-hybridized carbons (Fsp3) is 0.571.